The van der Waals surface area contributed by atoms with Gasteiger partial charge in [0, 0.05) is 18.3 Å². The molecule has 0 spiro atoms. The van der Waals surface area contributed by atoms with Crippen LogP contribution in [-0.2, 0) is 14.0 Å². The first kappa shape index (κ1) is 21.6. The molecule has 150 valence electrons. The quantitative estimate of drug-likeness (QED) is 0.283. The molecular formula is C21H38O4Si. The van der Waals surface area contributed by atoms with Gasteiger partial charge >= 0.3 is 5.97 Å². The molecule has 1 unspecified atom stereocenters. The first-order valence-corrected chi connectivity index (χ1v) is 13.2. The molecule has 0 bridgehead atoms. The zero-order valence-electron chi connectivity index (χ0n) is 17.5. The third-order valence-electron chi connectivity index (χ3n) is 6.47. The molecule has 26 heavy (non-hydrogen) atoms. The number of rotatable bonds is 8. The van der Waals surface area contributed by atoms with E-state index in [9.17, 15) is 9.90 Å². The molecule has 1 aliphatic heterocycles. The van der Waals surface area contributed by atoms with Gasteiger partial charge in [0.25, 0.3) is 0 Å². The van der Waals surface area contributed by atoms with E-state index in [1.54, 1.807) is 0 Å². The Morgan fingerprint density at radius 3 is 2.65 bits per heavy atom. The zero-order chi connectivity index (χ0) is 19.5. The van der Waals surface area contributed by atoms with Gasteiger partial charge in [-0.25, -0.2) is 0 Å². The number of carbonyl (C=O) groups excluding carboxylic acids is 1. The first-order valence-electron chi connectivity index (χ1n) is 10.3. The summed E-state index contributed by atoms with van der Waals surface area (Å²) in [5, 5.41) is 10.6. The van der Waals surface area contributed by atoms with Gasteiger partial charge < -0.3 is 14.3 Å². The molecule has 0 amide bonds. The molecule has 2 aliphatic rings. The Morgan fingerprint density at radius 2 is 2.04 bits per heavy atom. The number of hydrogen-bond acceptors (Lipinski definition) is 4. The third kappa shape index (κ3) is 5.20. The smallest absolute Gasteiger partial charge is 0.306 e. The maximum atomic E-state index is 11.6. The Kier molecular flexibility index (Phi) is 7.14. The Balaban J connectivity index is 2.07. The van der Waals surface area contributed by atoms with Crippen LogP contribution in [0.5, 0.6) is 0 Å². The topological polar surface area (TPSA) is 55.8 Å². The SMILES string of the molecule is CCCCCC(/C=C/[C@@H]1[C@H]2CC(=O)O[C@H]2C[C@H]1O)O[Si](C)(C)C(C)(C)C. The average Bonchev–Trinajstić information content (AvgIpc) is 2.98. The van der Waals surface area contributed by atoms with Gasteiger partial charge in [0.05, 0.1) is 18.6 Å². The second-order valence-corrected chi connectivity index (χ2v) is 14.3. The van der Waals surface area contributed by atoms with Crippen molar-refractivity contribution >= 4 is 14.3 Å². The van der Waals surface area contributed by atoms with Gasteiger partial charge in [-0.05, 0) is 24.6 Å². The largest absolute Gasteiger partial charge is 0.462 e. The number of ether oxygens (including phenoxy) is 1. The molecule has 5 heteroatoms. The van der Waals surface area contributed by atoms with Crippen LogP contribution < -0.4 is 0 Å². The maximum absolute atomic E-state index is 11.6. The standard InChI is InChI=1S/C21H38O4Si/c1-7-8-9-10-15(25-26(5,6)21(2,3)4)11-12-16-17-13-20(23)24-19(17)14-18(16)22/h11-12,15-19,22H,7-10,13-14H2,1-6H3/b12-11+/t15?,16-,17-,18-,19+/m1/s1. The molecule has 0 aromatic rings. The van der Waals surface area contributed by atoms with Gasteiger partial charge in [-0.1, -0.05) is 59.1 Å². The molecule has 0 radical (unpaired) electrons. The Bertz CT molecular complexity index is 509. The summed E-state index contributed by atoms with van der Waals surface area (Å²) in [7, 11) is -1.85. The molecule has 2 rings (SSSR count). The number of aliphatic hydroxyl groups excluding tert-OH is 1. The van der Waals surface area contributed by atoms with Gasteiger partial charge in [0.15, 0.2) is 8.32 Å². The lowest BCUT2D eigenvalue weighted by Crippen LogP contribution is -2.43. The van der Waals surface area contributed by atoms with Gasteiger partial charge in [0.2, 0.25) is 0 Å². The van der Waals surface area contributed by atoms with Crippen LogP contribution in [0.15, 0.2) is 12.2 Å². The highest BCUT2D eigenvalue weighted by atomic mass is 28.4. The summed E-state index contributed by atoms with van der Waals surface area (Å²) in [5.41, 5.74) is 0. The molecule has 1 aliphatic carbocycles. The minimum absolute atomic E-state index is 0.00291. The second kappa shape index (κ2) is 8.57. The van der Waals surface area contributed by atoms with E-state index in [0.29, 0.717) is 12.8 Å². The molecule has 0 aromatic carbocycles. The summed E-state index contributed by atoms with van der Waals surface area (Å²) in [4.78, 5) is 11.6. The van der Waals surface area contributed by atoms with Crippen LogP contribution >= 0.6 is 0 Å². The van der Waals surface area contributed by atoms with Crippen molar-refractivity contribution in [3.8, 4) is 0 Å². The van der Waals surface area contributed by atoms with Crippen LogP contribution in [-0.4, -0.2) is 37.7 Å². The van der Waals surface area contributed by atoms with Crippen molar-refractivity contribution < 1.29 is 19.1 Å². The van der Waals surface area contributed by atoms with Crippen molar-refractivity contribution in [3.63, 3.8) is 0 Å². The monoisotopic (exact) mass is 382 g/mol. The lowest BCUT2D eigenvalue weighted by molar-refractivity contribution is -0.141. The Hall–Kier alpha value is -0.653. The second-order valence-electron chi connectivity index (χ2n) is 9.57. The van der Waals surface area contributed by atoms with E-state index in [2.05, 4.69) is 52.9 Å². The molecule has 4 nitrogen and oxygen atoms in total. The van der Waals surface area contributed by atoms with Crippen LogP contribution in [0.25, 0.3) is 0 Å². The fourth-order valence-corrected chi connectivity index (χ4v) is 5.09. The van der Waals surface area contributed by atoms with Gasteiger partial charge in [-0.3, -0.25) is 4.79 Å². The molecule has 0 aromatic heterocycles. The van der Waals surface area contributed by atoms with Crippen molar-refractivity contribution in [3.05, 3.63) is 12.2 Å². The summed E-state index contributed by atoms with van der Waals surface area (Å²) in [6, 6.07) is 0. The van der Waals surface area contributed by atoms with E-state index >= 15 is 0 Å². The van der Waals surface area contributed by atoms with E-state index < -0.39 is 14.4 Å². The van der Waals surface area contributed by atoms with Crippen molar-refractivity contribution in [2.75, 3.05) is 0 Å². The van der Waals surface area contributed by atoms with E-state index in [4.69, 9.17) is 9.16 Å². The van der Waals surface area contributed by atoms with Crippen molar-refractivity contribution in [1.82, 2.24) is 0 Å². The summed E-state index contributed by atoms with van der Waals surface area (Å²) in [6.45, 7) is 13.6. The zero-order valence-corrected chi connectivity index (χ0v) is 18.5. The van der Waals surface area contributed by atoms with Crippen molar-refractivity contribution in [2.24, 2.45) is 11.8 Å². The van der Waals surface area contributed by atoms with Gasteiger partial charge in [0.1, 0.15) is 6.10 Å². The molecule has 1 N–H and O–H groups in total. The molecule has 1 heterocycles. The average molecular weight is 383 g/mol. The first-order chi connectivity index (χ1) is 12.0. The Morgan fingerprint density at radius 1 is 1.35 bits per heavy atom. The molecule has 2 fully saturated rings. The fraction of sp³-hybridized carbons (Fsp3) is 0.857. The van der Waals surface area contributed by atoms with Crippen LogP contribution in [0.3, 0.4) is 0 Å². The van der Waals surface area contributed by atoms with Crippen molar-refractivity contribution in [2.45, 2.75) is 103 Å². The maximum Gasteiger partial charge on any atom is 0.306 e. The van der Waals surface area contributed by atoms with E-state index in [-0.39, 0.29) is 35.1 Å². The number of carbonyl (C=O) groups is 1. The number of esters is 1. The molecule has 1 saturated carbocycles. The predicted molar refractivity (Wildman–Crippen MR) is 107 cm³/mol. The number of unbranched alkanes of at least 4 members (excludes halogenated alkanes) is 2. The minimum atomic E-state index is -1.85. The number of fused-ring (bicyclic) bond motifs is 1. The van der Waals surface area contributed by atoms with Crippen LogP contribution in [0.1, 0.15) is 66.2 Å². The molecule has 5 atom stereocenters. The summed E-state index contributed by atoms with van der Waals surface area (Å²) in [6.07, 6.45) is 9.42. The summed E-state index contributed by atoms with van der Waals surface area (Å²) in [5.74, 6) is 0.00312. The van der Waals surface area contributed by atoms with Gasteiger partial charge in [-0.2, -0.15) is 0 Å². The minimum Gasteiger partial charge on any atom is -0.462 e. The predicted octanol–water partition coefficient (Wildman–Crippen LogP) is 4.83. The highest BCUT2D eigenvalue weighted by Crippen LogP contribution is 2.42. The third-order valence-corrected chi connectivity index (χ3v) is 11.0. The van der Waals surface area contributed by atoms with E-state index in [1.807, 2.05) is 0 Å². The van der Waals surface area contributed by atoms with E-state index in [0.717, 1.165) is 12.8 Å². The Labute approximate surface area is 160 Å². The fourth-order valence-electron chi connectivity index (χ4n) is 3.78. The lowest BCUT2D eigenvalue weighted by Gasteiger charge is -2.38. The lowest BCUT2D eigenvalue weighted by atomic mass is 9.91. The highest BCUT2D eigenvalue weighted by molar-refractivity contribution is 6.74. The highest BCUT2D eigenvalue weighted by Gasteiger charge is 2.48. The normalized spacial score (nSPS) is 30.7. The van der Waals surface area contributed by atoms with Crippen LogP contribution in [0.4, 0.5) is 0 Å². The van der Waals surface area contributed by atoms with Crippen LogP contribution in [0, 0.1) is 11.8 Å². The summed E-state index contributed by atoms with van der Waals surface area (Å²) >= 11 is 0. The molecule has 1 saturated heterocycles. The molecular weight excluding hydrogens is 344 g/mol. The van der Waals surface area contributed by atoms with Crippen molar-refractivity contribution in [1.29, 1.82) is 0 Å². The number of aliphatic hydroxyl groups is 1. The van der Waals surface area contributed by atoms with Gasteiger partial charge in [-0.15, -0.1) is 0 Å². The van der Waals surface area contributed by atoms with E-state index in [1.165, 1.54) is 12.8 Å². The number of hydrogen-bond donors (Lipinski definition) is 1. The van der Waals surface area contributed by atoms with Crippen LogP contribution in [0.2, 0.25) is 18.1 Å². The summed E-state index contributed by atoms with van der Waals surface area (Å²) < 4.78 is 12.0.